The first kappa shape index (κ1) is 13.3. The summed E-state index contributed by atoms with van der Waals surface area (Å²) >= 11 is 0. The van der Waals surface area contributed by atoms with E-state index >= 15 is 0 Å². The van der Waals surface area contributed by atoms with Gasteiger partial charge in [-0.25, -0.2) is 13.1 Å². The molecule has 7 heteroatoms. The van der Waals surface area contributed by atoms with Gasteiger partial charge in [0.25, 0.3) is 22.0 Å². The third-order valence-corrected chi connectivity index (χ3v) is 3.17. The van der Waals surface area contributed by atoms with E-state index < -0.39 is 22.0 Å². The molecule has 0 fully saturated rings. The summed E-state index contributed by atoms with van der Waals surface area (Å²) in [6, 6.07) is 5.62. The van der Waals surface area contributed by atoms with Crippen LogP contribution >= 0.6 is 0 Å². The molecule has 0 aliphatic carbocycles. The minimum atomic E-state index is -4.10. The lowest BCUT2D eigenvalue weighted by Crippen LogP contribution is -2.29. The van der Waals surface area contributed by atoms with Gasteiger partial charge in [-0.05, 0) is 19.1 Å². The third kappa shape index (κ3) is 3.95. The van der Waals surface area contributed by atoms with Crippen molar-refractivity contribution in [3.63, 3.8) is 0 Å². The van der Waals surface area contributed by atoms with Crippen molar-refractivity contribution < 1.29 is 22.0 Å². The lowest BCUT2D eigenvalue weighted by atomic mass is 10.2. The van der Waals surface area contributed by atoms with Crippen molar-refractivity contribution in [2.45, 2.75) is 11.8 Å². The van der Waals surface area contributed by atoms with Crippen molar-refractivity contribution in [2.75, 3.05) is 0 Å². The Bertz CT molecular complexity index is 545. The molecule has 92 valence electrons. The summed E-state index contributed by atoms with van der Waals surface area (Å²) in [5.74, 6) is -1.38. The smallest absolute Gasteiger partial charge is 0.269 e. The zero-order chi connectivity index (χ0) is 13.1. The quantitative estimate of drug-likeness (QED) is 0.840. The van der Waals surface area contributed by atoms with Crippen molar-refractivity contribution in [3.05, 3.63) is 42.0 Å². The highest BCUT2D eigenvalue weighted by molar-refractivity contribution is 7.90. The maximum Gasteiger partial charge on any atom is 0.275 e. The first-order valence-corrected chi connectivity index (χ1v) is 5.96. The number of rotatable bonds is 3. The number of hydrogen-bond donors (Lipinski definition) is 1. The van der Waals surface area contributed by atoms with Crippen molar-refractivity contribution in [3.8, 4) is 0 Å². The number of aryl methyl sites for hydroxylation is 1. The van der Waals surface area contributed by atoms with Gasteiger partial charge in [-0.3, -0.25) is 4.79 Å². The molecular weight excluding hydrogens is 252 g/mol. The van der Waals surface area contributed by atoms with Crippen LogP contribution in [-0.4, -0.2) is 14.3 Å². The Hall–Kier alpha value is -1.76. The van der Waals surface area contributed by atoms with Gasteiger partial charge in [-0.15, -0.1) is 0 Å². The van der Waals surface area contributed by atoms with Gasteiger partial charge in [-0.1, -0.05) is 17.7 Å². The number of sulfonamides is 1. The molecule has 1 aromatic rings. The summed E-state index contributed by atoms with van der Waals surface area (Å²) in [5.41, 5.74) is 0.838. The summed E-state index contributed by atoms with van der Waals surface area (Å²) in [4.78, 5) is 10.7. The van der Waals surface area contributed by atoms with Crippen LogP contribution in [-0.2, 0) is 14.8 Å². The van der Waals surface area contributed by atoms with E-state index in [2.05, 4.69) is 0 Å². The topological polar surface area (TPSA) is 63.2 Å². The van der Waals surface area contributed by atoms with Crippen LogP contribution in [0.2, 0.25) is 0 Å². The van der Waals surface area contributed by atoms with Crippen LogP contribution in [0, 0.1) is 6.92 Å². The molecule has 1 rings (SSSR count). The fraction of sp³-hybridized carbons (Fsp3) is 0.100. The van der Waals surface area contributed by atoms with Gasteiger partial charge >= 0.3 is 0 Å². The molecule has 1 N–H and O–H groups in total. The van der Waals surface area contributed by atoms with Crippen LogP contribution in [0.15, 0.2) is 41.3 Å². The van der Waals surface area contributed by atoms with Gasteiger partial charge in [-0.2, -0.15) is 8.78 Å². The number of amides is 1. The predicted octanol–water partition coefficient (Wildman–Crippen LogP) is 1.58. The Morgan fingerprint density at radius 3 is 2.24 bits per heavy atom. The highest BCUT2D eigenvalue weighted by Crippen LogP contribution is 2.09. The van der Waals surface area contributed by atoms with E-state index in [-0.39, 0.29) is 11.0 Å². The van der Waals surface area contributed by atoms with Crippen molar-refractivity contribution in [1.82, 2.24) is 4.72 Å². The summed E-state index contributed by atoms with van der Waals surface area (Å²) in [6.07, 6.45) is -2.35. The molecule has 0 atom stereocenters. The normalized spacial score (nSPS) is 10.8. The lowest BCUT2D eigenvalue weighted by Gasteiger charge is -2.04. The molecule has 0 aliphatic rings. The molecule has 1 amide bonds. The Balaban J connectivity index is 2.93. The monoisotopic (exact) mass is 261 g/mol. The molecular formula is C10H9F2NO3S. The highest BCUT2D eigenvalue weighted by Gasteiger charge is 2.16. The van der Waals surface area contributed by atoms with E-state index in [4.69, 9.17) is 0 Å². The van der Waals surface area contributed by atoms with Gasteiger partial charge in [0.15, 0.2) is 0 Å². The molecule has 0 saturated heterocycles. The second-order valence-electron chi connectivity index (χ2n) is 3.22. The molecule has 0 saturated carbocycles. The first-order chi connectivity index (χ1) is 7.81. The number of hydrogen-bond acceptors (Lipinski definition) is 3. The first-order valence-electron chi connectivity index (χ1n) is 4.47. The van der Waals surface area contributed by atoms with Gasteiger partial charge < -0.3 is 0 Å². The molecule has 17 heavy (non-hydrogen) atoms. The van der Waals surface area contributed by atoms with E-state index in [9.17, 15) is 22.0 Å². The van der Waals surface area contributed by atoms with Crippen molar-refractivity contribution >= 4 is 15.9 Å². The zero-order valence-corrected chi connectivity index (χ0v) is 9.59. The average molecular weight is 261 g/mol. The van der Waals surface area contributed by atoms with Gasteiger partial charge in [0.1, 0.15) is 0 Å². The van der Waals surface area contributed by atoms with Crippen LogP contribution in [0.4, 0.5) is 8.78 Å². The third-order valence-electron chi connectivity index (χ3n) is 1.81. The molecule has 0 aromatic heterocycles. The minimum Gasteiger partial charge on any atom is -0.269 e. The van der Waals surface area contributed by atoms with Gasteiger partial charge in [0.05, 0.1) is 11.0 Å². The molecule has 1 aromatic carbocycles. The summed E-state index contributed by atoms with van der Waals surface area (Å²) in [7, 11) is -4.10. The van der Waals surface area contributed by atoms with Crippen LogP contribution in [0.5, 0.6) is 0 Å². The number of benzene rings is 1. The SMILES string of the molecule is Cc1ccc(S(=O)(=O)NC(=O)C=C(F)F)cc1. The minimum absolute atomic E-state index is 0.0915. The molecule has 0 unspecified atom stereocenters. The molecule has 0 aliphatic heterocycles. The number of carbonyl (C=O) groups excluding carboxylic acids is 1. The van der Waals surface area contributed by atoms with E-state index in [1.807, 2.05) is 0 Å². The Morgan fingerprint density at radius 2 is 1.76 bits per heavy atom. The molecule has 0 heterocycles. The number of nitrogens with one attached hydrogen (secondary N) is 1. The van der Waals surface area contributed by atoms with E-state index in [0.717, 1.165) is 5.56 Å². The molecule has 4 nitrogen and oxygen atoms in total. The summed E-state index contributed by atoms with van der Waals surface area (Å²) in [5, 5.41) is 0. The Kier molecular flexibility index (Phi) is 3.95. The largest absolute Gasteiger partial charge is 0.275 e. The lowest BCUT2D eigenvalue weighted by molar-refractivity contribution is -0.115. The summed E-state index contributed by atoms with van der Waals surface area (Å²) < 4.78 is 48.0. The van der Waals surface area contributed by atoms with Gasteiger partial charge in [0, 0.05) is 0 Å². The molecule has 0 bridgehead atoms. The predicted molar refractivity (Wildman–Crippen MR) is 56.8 cm³/mol. The van der Waals surface area contributed by atoms with E-state index in [0.29, 0.717) is 0 Å². The maximum atomic E-state index is 11.7. The standard InChI is InChI=1S/C10H9F2NO3S/c1-7-2-4-8(5-3-7)17(15,16)13-10(14)6-9(11)12/h2-6H,1H3,(H,13,14). The average Bonchev–Trinajstić information content (AvgIpc) is 2.15. The van der Waals surface area contributed by atoms with E-state index in [1.54, 1.807) is 6.92 Å². The number of carbonyl (C=O) groups is 1. The molecule has 0 radical (unpaired) electrons. The fourth-order valence-corrected chi connectivity index (χ4v) is 1.97. The van der Waals surface area contributed by atoms with Crippen LogP contribution < -0.4 is 4.72 Å². The van der Waals surface area contributed by atoms with E-state index in [1.165, 1.54) is 29.0 Å². The van der Waals surface area contributed by atoms with Crippen molar-refractivity contribution in [2.24, 2.45) is 0 Å². The summed E-state index contributed by atoms with van der Waals surface area (Å²) in [6.45, 7) is 1.76. The second kappa shape index (κ2) is 5.05. The highest BCUT2D eigenvalue weighted by atomic mass is 32.2. The van der Waals surface area contributed by atoms with Crippen LogP contribution in [0.1, 0.15) is 5.56 Å². The molecule has 0 spiro atoms. The number of halogens is 2. The maximum absolute atomic E-state index is 11.7. The Morgan fingerprint density at radius 1 is 1.24 bits per heavy atom. The second-order valence-corrected chi connectivity index (χ2v) is 4.90. The zero-order valence-electron chi connectivity index (χ0n) is 8.78. The van der Waals surface area contributed by atoms with Crippen molar-refractivity contribution in [1.29, 1.82) is 0 Å². The fourth-order valence-electron chi connectivity index (χ4n) is 1.04. The Labute approximate surface area is 97.0 Å². The van der Waals surface area contributed by atoms with Crippen LogP contribution in [0.25, 0.3) is 0 Å². The van der Waals surface area contributed by atoms with Crippen LogP contribution in [0.3, 0.4) is 0 Å². The van der Waals surface area contributed by atoms with Gasteiger partial charge in [0.2, 0.25) is 0 Å².